The number of urea groups is 1. The number of benzene rings is 1. The molecule has 2 aliphatic heterocycles. The van der Waals surface area contributed by atoms with E-state index in [4.69, 9.17) is 21.7 Å². The first kappa shape index (κ1) is 24.4. The molecular formula is C22H26FN7O4S. The highest BCUT2D eigenvalue weighted by atomic mass is 32.1. The number of nitrogens with zero attached hydrogens (tertiary/aromatic N) is 4. The standard InChI is InChI=1S/C22H26FN7O4S/c1-33-21(35)25-13-17-14-29(22(32)34-17)16-2-3-19(18(23)12-16)28-9-8-26-30(11-10-28)20(31)27-15-4-6-24-7-5-15/h2-7,12,17,26H,8-11,13-14H2,1H3,(H,25,35)(H,24,27,31)/t17-/m0/s1. The van der Waals surface area contributed by atoms with E-state index in [-0.39, 0.29) is 17.8 Å². The molecule has 2 aromatic rings. The first-order valence-corrected chi connectivity index (χ1v) is 11.4. The Morgan fingerprint density at radius 2 is 2.09 bits per heavy atom. The predicted octanol–water partition coefficient (Wildman–Crippen LogP) is 1.93. The van der Waals surface area contributed by atoms with Gasteiger partial charge in [0.1, 0.15) is 11.9 Å². The number of ether oxygens (including phenoxy) is 2. The van der Waals surface area contributed by atoms with E-state index >= 15 is 4.39 Å². The molecule has 3 N–H and O–H groups in total. The summed E-state index contributed by atoms with van der Waals surface area (Å²) in [6.07, 6.45) is 2.19. The number of hydrogen-bond donors (Lipinski definition) is 3. The highest BCUT2D eigenvalue weighted by Gasteiger charge is 2.33. The Hall–Kier alpha value is -3.71. The maximum absolute atomic E-state index is 15.1. The van der Waals surface area contributed by atoms with Crippen LogP contribution in [-0.2, 0) is 9.47 Å². The summed E-state index contributed by atoms with van der Waals surface area (Å²) in [7, 11) is 1.45. The van der Waals surface area contributed by atoms with Gasteiger partial charge in [0.25, 0.3) is 5.17 Å². The van der Waals surface area contributed by atoms with E-state index in [1.54, 1.807) is 36.7 Å². The van der Waals surface area contributed by atoms with E-state index in [1.165, 1.54) is 23.1 Å². The number of cyclic esters (lactones) is 1. The molecule has 2 fully saturated rings. The van der Waals surface area contributed by atoms with Crippen LogP contribution in [0, 0.1) is 5.82 Å². The second kappa shape index (κ2) is 11.1. The second-order valence-electron chi connectivity index (χ2n) is 7.84. The van der Waals surface area contributed by atoms with Gasteiger partial charge >= 0.3 is 12.1 Å². The van der Waals surface area contributed by atoms with Crippen molar-refractivity contribution < 1.29 is 23.5 Å². The minimum absolute atomic E-state index is 0.204. The Morgan fingerprint density at radius 3 is 2.83 bits per heavy atom. The van der Waals surface area contributed by atoms with Crippen molar-refractivity contribution in [3.63, 3.8) is 0 Å². The van der Waals surface area contributed by atoms with Crippen molar-refractivity contribution in [2.24, 2.45) is 0 Å². The lowest BCUT2D eigenvalue weighted by molar-refractivity contribution is 0.142. The Bertz CT molecular complexity index is 1080. The van der Waals surface area contributed by atoms with Crippen molar-refractivity contribution >= 4 is 46.6 Å². The van der Waals surface area contributed by atoms with Crippen molar-refractivity contribution in [3.05, 3.63) is 48.5 Å². The number of hydrazine groups is 1. The maximum atomic E-state index is 15.1. The number of anilines is 3. The molecule has 0 unspecified atom stereocenters. The first-order chi connectivity index (χ1) is 16.9. The van der Waals surface area contributed by atoms with E-state index in [0.29, 0.717) is 49.8 Å². The highest BCUT2D eigenvalue weighted by molar-refractivity contribution is 7.80. The van der Waals surface area contributed by atoms with Crippen LogP contribution in [0.2, 0.25) is 0 Å². The fourth-order valence-corrected chi connectivity index (χ4v) is 3.88. The van der Waals surface area contributed by atoms with Crippen molar-refractivity contribution in [1.29, 1.82) is 0 Å². The molecule has 0 radical (unpaired) electrons. The van der Waals surface area contributed by atoms with Gasteiger partial charge in [-0.25, -0.2) is 19.4 Å². The minimum Gasteiger partial charge on any atom is -0.474 e. The fraction of sp³-hybridized carbons (Fsp3) is 0.364. The molecule has 0 bridgehead atoms. The van der Waals surface area contributed by atoms with Crippen LogP contribution in [-0.4, -0.2) is 79.8 Å². The number of carbonyl (C=O) groups is 2. The molecule has 11 nitrogen and oxygen atoms in total. The molecule has 35 heavy (non-hydrogen) atoms. The number of rotatable bonds is 5. The zero-order valence-corrected chi connectivity index (χ0v) is 19.9. The second-order valence-corrected chi connectivity index (χ2v) is 8.21. The average Bonchev–Trinajstić information content (AvgIpc) is 3.07. The SMILES string of the molecule is COC(=S)NC[C@H]1CN(c2ccc(N3CCNN(C(=O)Nc4ccncc4)CC3)c(F)c2)C(=O)O1. The average molecular weight is 504 g/mol. The Morgan fingerprint density at radius 1 is 1.29 bits per heavy atom. The molecule has 1 aromatic heterocycles. The molecule has 186 valence electrons. The lowest BCUT2D eigenvalue weighted by Crippen LogP contribution is -2.46. The summed E-state index contributed by atoms with van der Waals surface area (Å²) >= 11 is 4.92. The zero-order valence-electron chi connectivity index (χ0n) is 19.1. The van der Waals surface area contributed by atoms with Crippen LogP contribution in [0.3, 0.4) is 0 Å². The van der Waals surface area contributed by atoms with E-state index in [9.17, 15) is 9.59 Å². The number of pyridine rings is 1. The number of amides is 3. The Labute approximate surface area is 207 Å². The minimum atomic E-state index is -0.554. The third kappa shape index (κ3) is 6.05. The van der Waals surface area contributed by atoms with Gasteiger partial charge in [-0.2, -0.15) is 0 Å². The maximum Gasteiger partial charge on any atom is 0.414 e. The number of methoxy groups -OCH3 is 1. The van der Waals surface area contributed by atoms with Gasteiger partial charge in [-0.1, -0.05) is 0 Å². The molecule has 0 aliphatic carbocycles. The highest BCUT2D eigenvalue weighted by Crippen LogP contribution is 2.28. The predicted molar refractivity (Wildman–Crippen MR) is 132 cm³/mol. The van der Waals surface area contributed by atoms with Crippen molar-refractivity contribution in [2.75, 3.05) is 61.5 Å². The van der Waals surface area contributed by atoms with E-state index in [1.807, 2.05) is 4.90 Å². The third-order valence-electron chi connectivity index (χ3n) is 5.57. The van der Waals surface area contributed by atoms with Crippen molar-refractivity contribution in [3.8, 4) is 0 Å². The van der Waals surface area contributed by atoms with Crippen molar-refractivity contribution in [1.82, 2.24) is 20.7 Å². The van der Waals surface area contributed by atoms with Gasteiger partial charge in [0, 0.05) is 37.7 Å². The van der Waals surface area contributed by atoms with Gasteiger partial charge in [0.05, 0.1) is 38.1 Å². The molecular weight excluding hydrogens is 477 g/mol. The number of hydrogen-bond acceptors (Lipinski definition) is 8. The Balaban J connectivity index is 1.36. The molecule has 0 saturated carbocycles. The fourth-order valence-electron chi connectivity index (χ4n) is 3.80. The molecule has 3 amide bonds. The number of nitrogens with one attached hydrogen (secondary N) is 3. The van der Waals surface area contributed by atoms with Crippen molar-refractivity contribution in [2.45, 2.75) is 6.10 Å². The molecule has 4 rings (SSSR count). The number of carbonyl (C=O) groups excluding carboxylic acids is 2. The monoisotopic (exact) mass is 503 g/mol. The van der Waals surface area contributed by atoms with Crippen LogP contribution < -0.4 is 25.9 Å². The van der Waals surface area contributed by atoms with Crippen LogP contribution in [0.25, 0.3) is 0 Å². The summed E-state index contributed by atoms with van der Waals surface area (Å²) in [4.78, 5) is 32.0. The number of halogens is 1. The summed E-state index contributed by atoms with van der Waals surface area (Å²) in [5.74, 6) is -0.466. The van der Waals surface area contributed by atoms with E-state index < -0.39 is 18.0 Å². The topological polar surface area (TPSA) is 111 Å². The summed E-state index contributed by atoms with van der Waals surface area (Å²) in [6, 6.07) is 7.72. The van der Waals surface area contributed by atoms with Gasteiger partial charge in [-0.3, -0.25) is 14.9 Å². The molecule has 0 spiro atoms. The molecule has 2 aliphatic rings. The summed E-state index contributed by atoms with van der Waals surface area (Å²) in [5, 5.41) is 7.31. The summed E-state index contributed by atoms with van der Waals surface area (Å²) in [5.41, 5.74) is 4.49. The van der Waals surface area contributed by atoms with E-state index in [0.717, 1.165) is 0 Å². The van der Waals surface area contributed by atoms with Crippen LogP contribution >= 0.6 is 12.2 Å². The molecule has 3 heterocycles. The normalized spacial score (nSPS) is 18.1. The van der Waals surface area contributed by atoms with Gasteiger partial charge in [0.2, 0.25) is 0 Å². The zero-order chi connectivity index (χ0) is 24.8. The quantitative estimate of drug-likeness (QED) is 0.527. The van der Waals surface area contributed by atoms with Gasteiger partial charge < -0.3 is 25.0 Å². The van der Waals surface area contributed by atoms with E-state index in [2.05, 4.69) is 21.0 Å². The number of aromatic nitrogens is 1. The Kier molecular flexibility index (Phi) is 7.77. The lowest BCUT2D eigenvalue weighted by atomic mass is 10.2. The van der Waals surface area contributed by atoms with Crippen LogP contribution in [0.4, 0.5) is 31.0 Å². The van der Waals surface area contributed by atoms with Gasteiger partial charge in [0.15, 0.2) is 0 Å². The number of thiocarbonyl (C=S) groups is 1. The summed E-state index contributed by atoms with van der Waals surface area (Å²) < 4.78 is 25.3. The molecule has 13 heteroatoms. The van der Waals surface area contributed by atoms with Crippen LogP contribution in [0.15, 0.2) is 42.7 Å². The van der Waals surface area contributed by atoms with Crippen LogP contribution in [0.1, 0.15) is 0 Å². The van der Waals surface area contributed by atoms with Gasteiger partial charge in [-0.15, -0.1) is 0 Å². The first-order valence-electron chi connectivity index (χ1n) is 11.0. The van der Waals surface area contributed by atoms with Gasteiger partial charge in [-0.05, 0) is 42.5 Å². The summed E-state index contributed by atoms with van der Waals surface area (Å²) in [6.45, 7) is 2.25. The lowest BCUT2D eigenvalue weighted by Gasteiger charge is -2.24. The molecule has 2 saturated heterocycles. The smallest absolute Gasteiger partial charge is 0.414 e. The van der Waals surface area contributed by atoms with Crippen LogP contribution in [0.5, 0.6) is 0 Å². The molecule has 1 aromatic carbocycles. The third-order valence-corrected chi connectivity index (χ3v) is 5.88. The molecule has 1 atom stereocenters. The largest absolute Gasteiger partial charge is 0.474 e.